The average Bonchev–Trinajstić information content (AvgIpc) is 3.38. The standard InChI is InChI=1S/C29H37N5O2/c1-21-14-17-34(18-15-21)26-12-10-23(11-13-26)22(2)30-29(35)25-9-6-16-33(19-25)20-27-31-28(32-36-27)24-7-4-3-5-8-24/h3-5,7-8,10-13,21-22,25H,6,9,14-20H2,1-2H3,(H,30,35). The Hall–Kier alpha value is -3.19. The maximum absolute atomic E-state index is 13.1. The Morgan fingerprint density at radius 3 is 2.56 bits per heavy atom. The van der Waals surface area contributed by atoms with Gasteiger partial charge in [0.05, 0.1) is 18.5 Å². The van der Waals surface area contributed by atoms with Crippen molar-refractivity contribution in [3.63, 3.8) is 0 Å². The van der Waals surface area contributed by atoms with Gasteiger partial charge in [-0.2, -0.15) is 4.98 Å². The van der Waals surface area contributed by atoms with E-state index in [1.54, 1.807) is 0 Å². The van der Waals surface area contributed by atoms with Crippen LogP contribution in [0.15, 0.2) is 59.1 Å². The van der Waals surface area contributed by atoms with Crippen LogP contribution < -0.4 is 10.2 Å². The first kappa shape index (κ1) is 24.5. The third kappa shape index (κ3) is 5.95. The predicted molar refractivity (Wildman–Crippen MR) is 141 cm³/mol. The quantitative estimate of drug-likeness (QED) is 0.502. The maximum Gasteiger partial charge on any atom is 0.241 e. The van der Waals surface area contributed by atoms with Crippen LogP contribution in [0.4, 0.5) is 5.69 Å². The first-order valence-corrected chi connectivity index (χ1v) is 13.3. The lowest BCUT2D eigenvalue weighted by Gasteiger charge is -2.32. The van der Waals surface area contributed by atoms with E-state index in [1.807, 2.05) is 30.3 Å². The Morgan fingerprint density at radius 2 is 1.81 bits per heavy atom. The number of aromatic nitrogens is 2. The molecule has 2 aromatic carbocycles. The lowest BCUT2D eigenvalue weighted by molar-refractivity contribution is -0.127. The second kappa shape index (κ2) is 11.2. The van der Waals surface area contributed by atoms with Gasteiger partial charge in [-0.1, -0.05) is 54.5 Å². The van der Waals surface area contributed by atoms with Gasteiger partial charge in [-0.3, -0.25) is 9.69 Å². The molecule has 1 aromatic heterocycles. The molecule has 1 N–H and O–H groups in total. The lowest BCUT2D eigenvalue weighted by atomic mass is 9.96. The predicted octanol–water partition coefficient (Wildman–Crippen LogP) is 5.06. The number of likely N-dealkylation sites (tertiary alicyclic amines) is 1. The number of amides is 1. The molecule has 2 unspecified atom stereocenters. The molecule has 0 saturated carbocycles. The van der Waals surface area contributed by atoms with Gasteiger partial charge >= 0.3 is 0 Å². The minimum absolute atomic E-state index is 0.0207. The van der Waals surface area contributed by atoms with Crippen LogP contribution in [0, 0.1) is 11.8 Å². The Balaban J connectivity index is 1.13. The fourth-order valence-corrected chi connectivity index (χ4v) is 5.28. The van der Waals surface area contributed by atoms with E-state index in [1.165, 1.54) is 18.5 Å². The van der Waals surface area contributed by atoms with Crippen LogP contribution in [0.25, 0.3) is 11.4 Å². The van der Waals surface area contributed by atoms with Crippen LogP contribution in [-0.2, 0) is 11.3 Å². The number of hydrogen-bond acceptors (Lipinski definition) is 6. The Kier molecular flexibility index (Phi) is 7.66. The highest BCUT2D eigenvalue weighted by Crippen LogP contribution is 2.26. The van der Waals surface area contributed by atoms with Crippen molar-refractivity contribution in [2.45, 2.75) is 52.1 Å². The van der Waals surface area contributed by atoms with Gasteiger partial charge in [0.1, 0.15) is 0 Å². The molecule has 0 radical (unpaired) electrons. The fourth-order valence-electron chi connectivity index (χ4n) is 5.28. The van der Waals surface area contributed by atoms with Crippen LogP contribution in [-0.4, -0.2) is 47.1 Å². The molecule has 3 heterocycles. The number of benzene rings is 2. The summed E-state index contributed by atoms with van der Waals surface area (Å²) in [6.07, 6.45) is 4.40. The number of piperidine rings is 2. The van der Waals surface area contributed by atoms with Crippen LogP contribution in [0.5, 0.6) is 0 Å². The maximum atomic E-state index is 13.1. The van der Waals surface area contributed by atoms with E-state index in [-0.39, 0.29) is 17.9 Å². The number of nitrogens with zero attached hydrogens (tertiary/aromatic N) is 4. The zero-order valence-corrected chi connectivity index (χ0v) is 21.4. The van der Waals surface area contributed by atoms with Gasteiger partial charge in [0.15, 0.2) is 0 Å². The average molecular weight is 488 g/mol. The fraction of sp³-hybridized carbons (Fsp3) is 0.483. The third-order valence-corrected chi connectivity index (χ3v) is 7.64. The van der Waals surface area contributed by atoms with Crippen molar-refractivity contribution in [2.75, 3.05) is 31.1 Å². The first-order chi connectivity index (χ1) is 17.5. The highest BCUT2D eigenvalue weighted by atomic mass is 16.5. The monoisotopic (exact) mass is 487 g/mol. The summed E-state index contributed by atoms with van der Waals surface area (Å²) >= 11 is 0. The van der Waals surface area contributed by atoms with Crippen molar-refractivity contribution in [1.29, 1.82) is 0 Å². The number of carbonyl (C=O) groups is 1. The number of anilines is 1. The molecule has 2 atom stereocenters. The van der Waals surface area contributed by atoms with Gasteiger partial charge < -0.3 is 14.7 Å². The van der Waals surface area contributed by atoms with Crippen molar-refractivity contribution in [3.8, 4) is 11.4 Å². The second-order valence-electron chi connectivity index (χ2n) is 10.4. The Morgan fingerprint density at radius 1 is 1.06 bits per heavy atom. The summed E-state index contributed by atoms with van der Waals surface area (Å²) in [7, 11) is 0. The molecule has 3 aromatic rings. The molecule has 2 saturated heterocycles. The molecule has 36 heavy (non-hydrogen) atoms. The molecular formula is C29H37N5O2. The molecule has 0 spiro atoms. The van der Waals surface area contributed by atoms with Crippen molar-refractivity contribution >= 4 is 11.6 Å². The van der Waals surface area contributed by atoms with Gasteiger partial charge in [-0.25, -0.2) is 0 Å². The molecule has 7 heteroatoms. The van der Waals surface area contributed by atoms with Crippen LogP contribution in [0.3, 0.4) is 0 Å². The van der Waals surface area contributed by atoms with E-state index in [4.69, 9.17) is 4.52 Å². The van der Waals surface area contributed by atoms with Gasteiger partial charge in [-0.15, -0.1) is 0 Å². The molecule has 7 nitrogen and oxygen atoms in total. The molecule has 2 aliphatic heterocycles. The normalized spacial score (nSPS) is 20.3. The summed E-state index contributed by atoms with van der Waals surface area (Å²) in [5.41, 5.74) is 3.36. The van der Waals surface area contributed by atoms with E-state index >= 15 is 0 Å². The smallest absolute Gasteiger partial charge is 0.241 e. The molecule has 2 aliphatic rings. The topological polar surface area (TPSA) is 74.5 Å². The molecule has 2 fully saturated rings. The Labute approximate surface area is 213 Å². The number of nitrogens with one attached hydrogen (secondary N) is 1. The van der Waals surface area contributed by atoms with E-state index in [2.05, 4.69) is 63.4 Å². The van der Waals surface area contributed by atoms with Crippen LogP contribution in [0.1, 0.15) is 57.0 Å². The highest BCUT2D eigenvalue weighted by molar-refractivity contribution is 5.79. The lowest BCUT2D eigenvalue weighted by Crippen LogP contribution is -2.43. The minimum atomic E-state index is -0.0349. The van der Waals surface area contributed by atoms with Crippen LogP contribution in [0.2, 0.25) is 0 Å². The van der Waals surface area contributed by atoms with Crippen LogP contribution >= 0.6 is 0 Å². The summed E-state index contributed by atoms with van der Waals surface area (Å²) in [5.74, 6) is 2.10. The largest absolute Gasteiger partial charge is 0.372 e. The minimum Gasteiger partial charge on any atom is -0.372 e. The van der Waals surface area contributed by atoms with Gasteiger partial charge in [-0.05, 0) is 62.8 Å². The van der Waals surface area contributed by atoms with Gasteiger partial charge in [0, 0.05) is 30.9 Å². The van der Waals surface area contributed by atoms with E-state index < -0.39 is 0 Å². The summed E-state index contributed by atoms with van der Waals surface area (Å²) < 4.78 is 5.49. The van der Waals surface area contributed by atoms with E-state index in [0.717, 1.165) is 49.5 Å². The number of hydrogen-bond donors (Lipinski definition) is 1. The van der Waals surface area contributed by atoms with Crippen molar-refractivity contribution < 1.29 is 9.32 Å². The van der Waals surface area contributed by atoms with Crippen molar-refractivity contribution in [3.05, 3.63) is 66.1 Å². The van der Waals surface area contributed by atoms with E-state index in [0.29, 0.717) is 24.8 Å². The van der Waals surface area contributed by atoms with Crippen molar-refractivity contribution in [1.82, 2.24) is 20.4 Å². The zero-order valence-electron chi connectivity index (χ0n) is 21.4. The SMILES string of the molecule is CC1CCN(c2ccc(C(C)NC(=O)C3CCCN(Cc4nc(-c5ccccc5)no4)C3)cc2)CC1. The van der Waals surface area contributed by atoms with Gasteiger partial charge in [0.2, 0.25) is 17.6 Å². The molecule has 0 bridgehead atoms. The molecule has 190 valence electrons. The second-order valence-corrected chi connectivity index (χ2v) is 10.4. The number of rotatable bonds is 7. The number of carbonyl (C=O) groups excluding carboxylic acids is 1. The molecular weight excluding hydrogens is 450 g/mol. The molecule has 0 aliphatic carbocycles. The highest BCUT2D eigenvalue weighted by Gasteiger charge is 2.28. The zero-order chi connectivity index (χ0) is 24.9. The molecule has 1 amide bonds. The summed E-state index contributed by atoms with van der Waals surface area (Å²) in [6, 6.07) is 18.5. The van der Waals surface area contributed by atoms with Gasteiger partial charge in [0.25, 0.3) is 0 Å². The Bertz CT molecular complexity index is 1120. The van der Waals surface area contributed by atoms with E-state index in [9.17, 15) is 4.79 Å². The summed E-state index contributed by atoms with van der Waals surface area (Å²) in [4.78, 5) is 22.4. The first-order valence-electron chi connectivity index (χ1n) is 13.3. The summed E-state index contributed by atoms with van der Waals surface area (Å²) in [5, 5.41) is 7.37. The molecule has 5 rings (SSSR count). The van der Waals surface area contributed by atoms with Crippen molar-refractivity contribution in [2.24, 2.45) is 11.8 Å². The third-order valence-electron chi connectivity index (χ3n) is 7.64. The summed E-state index contributed by atoms with van der Waals surface area (Å²) in [6.45, 7) is 8.86.